The number of thiazole rings is 1. The molecule has 1 aromatic carbocycles. The smallest absolute Gasteiger partial charge is 0.196 e. The van der Waals surface area contributed by atoms with Crippen LogP contribution in [0.5, 0.6) is 5.75 Å². The van der Waals surface area contributed by atoms with Crippen molar-refractivity contribution in [2.24, 2.45) is 0 Å². The standard InChI is InChI=1S/C15H17N3OS/c1-9(2)13-14(16)18-11(8-20-15(18)17-13)10-6-4-5-7-12(10)19-3/h4-9H,16H2,1-3H3. The van der Waals surface area contributed by atoms with Crippen molar-refractivity contribution >= 4 is 22.1 Å². The normalized spacial score (nSPS) is 11.4. The maximum absolute atomic E-state index is 6.28. The van der Waals surface area contributed by atoms with Crippen molar-refractivity contribution in [2.45, 2.75) is 19.8 Å². The van der Waals surface area contributed by atoms with Gasteiger partial charge in [-0.1, -0.05) is 26.0 Å². The molecular weight excluding hydrogens is 270 g/mol. The van der Waals surface area contributed by atoms with Gasteiger partial charge in [-0.25, -0.2) is 4.98 Å². The Bertz CT molecular complexity index is 758. The summed E-state index contributed by atoms with van der Waals surface area (Å²) >= 11 is 1.60. The monoisotopic (exact) mass is 287 g/mol. The van der Waals surface area contributed by atoms with Gasteiger partial charge < -0.3 is 10.5 Å². The van der Waals surface area contributed by atoms with Crippen molar-refractivity contribution in [3.63, 3.8) is 0 Å². The van der Waals surface area contributed by atoms with Gasteiger partial charge in [0.2, 0.25) is 0 Å². The van der Waals surface area contributed by atoms with Crippen LogP contribution in [0.15, 0.2) is 29.6 Å². The number of fused-ring (bicyclic) bond motifs is 1. The molecule has 0 saturated heterocycles. The Balaban J connectivity index is 2.27. The first-order valence-corrected chi connectivity index (χ1v) is 7.40. The number of ether oxygens (including phenoxy) is 1. The van der Waals surface area contributed by atoms with Crippen LogP contribution in [0.4, 0.5) is 5.82 Å². The molecule has 0 bridgehead atoms. The topological polar surface area (TPSA) is 52.5 Å². The number of anilines is 1. The molecule has 0 unspecified atom stereocenters. The summed E-state index contributed by atoms with van der Waals surface area (Å²) in [6, 6.07) is 7.95. The molecule has 3 rings (SSSR count). The van der Waals surface area contributed by atoms with E-state index in [9.17, 15) is 0 Å². The summed E-state index contributed by atoms with van der Waals surface area (Å²) in [6.45, 7) is 4.21. The van der Waals surface area contributed by atoms with Crippen LogP contribution in [0.2, 0.25) is 0 Å². The maximum atomic E-state index is 6.28. The molecule has 4 nitrogen and oxygen atoms in total. The number of nitrogens with zero attached hydrogens (tertiary/aromatic N) is 2. The highest BCUT2D eigenvalue weighted by Crippen LogP contribution is 2.36. The Morgan fingerprint density at radius 1 is 1.30 bits per heavy atom. The van der Waals surface area contributed by atoms with Gasteiger partial charge in [-0.3, -0.25) is 4.40 Å². The van der Waals surface area contributed by atoms with Crippen molar-refractivity contribution in [3.05, 3.63) is 35.3 Å². The largest absolute Gasteiger partial charge is 0.496 e. The fourth-order valence-electron chi connectivity index (χ4n) is 2.37. The first-order valence-electron chi connectivity index (χ1n) is 6.52. The number of imidazole rings is 1. The van der Waals surface area contributed by atoms with Crippen molar-refractivity contribution < 1.29 is 4.74 Å². The van der Waals surface area contributed by atoms with Crippen molar-refractivity contribution in [2.75, 3.05) is 12.8 Å². The first-order chi connectivity index (χ1) is 9.63. The Kier molecular flexibility index (Phi) is 3.14. The van der Waals surface area contributed by atoms with E-state index in [-0.39, 0.29) is 0 Å². The predicted octanol–water partition coefficient (Wildman–Crippen LogP) is 3.78. The molecule has 0 atom stereocenters. The molecule has 3 aromatic rings. The summed E-state index contributed by atoms with van der Waals surface area (Å²) in [4.78, 5) is 5.55. The van der Waals surface area contributed by atoms with Gasteiger partial charge in [0.25, 0.3) is 0 Å². The second kappa shape index (κ2) is 4.83. The van der Waals surface area contributed by atoms with Crippen LogP contribution in [0, 0.1) is 0 Å². The van der Waals surface area contributed by atoms with Crippen LogP contribution in [-0.2, 0) is 0 Å². The third-order valence-electron chi connectivity index (χ3n) is 3.36. The Hall–Kier alpha value is -2.01. The predicted molar refractivity (Wildman–Crippen MR) is 83.6 cm³/mol. The van der Waals surface area contributed by atoms with Crippen molar-refractivity contribution in [1.29, 1.82) is 0 Å². The van der Waals surface area contributed by atoms with Crippen molar-refractivity contribution in [1.82, 2.24) is 9.38 Å². The van der Waals surface area contributed by atoms with E-state index in [2.05, 4.69) is 24.2 Å². The summed E-state index contributed by atoms with van der Waals surface area (Å²) in [5.41, 5.74) is 9.29. The van der Waals surface area contributed by atoms with E-state index in [0.717, 1.165) is 33.5 Å². The van der Waals surface area contributed by atoms with Gasteiger partial charge in [0.05, 0.1) is 18.5 Å². The number of benzene rings is 1. The van der Waals surface area contributed by atoms with Crippen LogP contribution in [-0.4, -0.2) is 16.5 Å². The maximum Gasteiger partial charge on any atom is 0.196 e. The minimum atomic E-state index is 0.313. The molecule has 0 saturated carbocycles. The second-order valence-electron chi connectivity index (χ2n) is 4.98. The quantitative estimate of drug-likeness (QED) is 0.797. The van der Waals surface area contributed by atoms with Crippen LogP contribution in [0.25, 0.3) is 16.2 Å². The van der Waals surface area contributed by atoms with E-state index in [4.69, 9.17) is 10.5 Å². The zero-order valence-corrected chi connectivity index (χ0v) is 12.6. The molecule has 5 heteroatoms. The molecule has 0 aliphatic rings. The highest BCUT2D eigenvalue weighted by atomic mass is 32.1. The molecule has 0 amide bonds. The zero-order chi connectivity index (χ0) is 14.3. The van der Waals surface area contributed by atoms with Crippen LogP contribution in [0.3, 0.4) is 0 Å². The lowest BCUT2D eigenvalue weighted by Gasteiger charge is -2.08. The summed E-state index contributed by atoms with van der Waals surface area (Å²) in [5, 5.41) is 2.07. The van der Waals surface area contributed by atoms with E-state index in [1.54, 1.807) is 18.4 Å². The third-order valence-corrected chi connectivity index (χ3v) is 4.18. The molecule has 0 fully saturated rings. The van der Waals surface area contributed by atoms with Gasteiger partial charge in [0.1, 0.15) is 11.6 Å². The van der Waals surface area contributed by atoms with Gasteiger partial charge in [0.15, 0.2) is 4.96 Å². The Morgan fingerprint density at radius 3 is 2.75 bits per heavy atom. The molecule has 104 valence electrons. The Morgan fingerprint density at radius 2 is 2.05 bits per heavy atom. The molecule has 2 N–H and O–H groups in total. The van der Waals surface area contributed by atoms with E-state index >= 15 is 0 Å². The molecule has 0 spiro atoms. The minimum Gasteiger partial charge on any atom is -0.496 e. The molecule has 20 heavy (non-hydrogen) atoms. The van der Waals surface area contributed by atoms with Gasteiger partial charge >= 0.3 is 0 Å². The second-order valence-corrected chi connectivity index (χ2v) is 5.81. The van der Waals surface area contributed by atoms with E-state index in [1.807, 2.05) is 28.7 Å². The lowest BCUT2D eigenvalue weighted by Crippen LogP contribution is -1.99. The average molecular weight is 287 g/mol. The van der Waals surface area contributed by atoms with E-state index < -0.39 is 0 Å². The lowest BCUT2D eigenvalue weighted by atomic mass is 10.1. The number of rotatable bonds is 3. The van der Waals surface area contributed by atoms with E-state index in [1.165, 1.54) is 0 Å². The number of aromatic nitrogens is 2. The van der Waals surface area contributed by atoms with Gasteiger partial charge in [-0.2, -0.15) is 0 Å². The highest BCUT2D eigenvalue weighted by Gasteiger charge is 2.18. The molecular formula is C15H17N3OS. The number of hydrogen-bond acceptors (Lipinski definition) is 4. The average Bonchev–Trinajstić information content (AvgIpc) is 2.99. The minimum absolute atomic E-state index is 0.313. The highest BCUT2D eigenvalue weighted by molar-refractivity contribution is 7.15. The number of nitrogens with two attached hydrogens (primary N) is 1. The van der Waals surface area contributed by atoms with Crippen LogP contribution in [0.1, 0.15) is 25.5 Å². The van der Waals surface area contributed by atoms with Crippen LogP contribution < -0.4 is 10.5 Å². The zero-order valence-electron chi connectivity index (χ0n) is 11.8. The molecule has 0 radical (unpaired) electrons. The van der Waals surface area contributed by atoms with Crippen LogP contribution >= 0.6 is 11.3 Å². The fourth-order valence-corrected chi connectivity index (χ4v) is 3.27. The van der Waals surface area contributed by atoms with Crippen molar-refractivity contribution in [3.8, 4) is 17.0 Å². The lowest BCUT2D eigenvalue weighted by molar-refractivity contribution is 0.416. The summed E-state index contributed by atoms with van der Waals surface area (Å²) in [5.74, 6) is 1.87. The fraction of sp³-hybridized carbons (Fsp3) is 0.267. The van der Waals surface area contributed by atoms with Gasteiger partial charge in [0, 0.05) is 10.9 Å². The number of hydrogen-bond donors (Lipinski definition) is 1. The SMILES string of the molecule is COc1ccccc1-c1csc2nc(C(C)C)c(N)n12. The van der Waals surface area contributed by atoms with Gasteiger partial charge in [-0.15, -0.1) is 11.3 Å². The number of nitrogen functional groups attached to an aromatic ring is 1. The first kappa shape index (κ1) is 13.0. The molecule has 0 aliphatic carbocycles. The number of para-hydroxylation sites is 1. The van der Waals surface area contributed by atoms with E-state index in [0.29, 0.717) is 5.92 Å². The molecule has 0 aliphatic heterocycles. The summed E-state index contributed by atoms with van der Waals surface area (Å²) in [7, 11) is 1.68. The number of methoxy groups -OCH3 is 1. The van der Waals surface area contributed by atoms with Gasteiger partial charge in [-0.05, 0) is 18.1 Å². The Labute approximate surface area is 121 Å². The summed E-state index contributed by atoms with van der Waals surface area (Å²) < 4.78 is 7.45. The molecule has 2 aromatic heterocycles. The third kappa shape index (κ3) is 1.86. The molecule has 2 heterocycles. The summed E-state index contributed by atoms with van der Waals surface area (Å²) in [6.07, 6.45) is 0.